The van der Waals surface area contributed by atoms with Crippen LogP contribution in [0.2, 0.25) is 0 Å². The van der Waals surface area contributed by atoms with Gasteiger partial charge >= 0.3 is 0 Å². The molecular formula is C13H20N2O2S. The normalized spacial score (nSPS) is 17.7. The predicted molar refractivity (Wildman–Crippen MR) is 71.7 cm³/mol. The van der Waals surface area contributed by atoms with Crippen LogP contribution in [0.25, 0.3) is 0 Å². The van der Waals surface area contributed by atoms with Crippen LogP contribution in [0.5, 0.6) is 0 Å². The second-order valence-electron chi connectivity index (χ2n) is 4.85. The Balaban J connectivity index is 2.04. The summed E-state index contributed by atoms with van der Waals surface area (Å²) in [7, 11) is -3.42. The summed E-state index contributed by atoms with van der Waals surface area (Å²) < 4.78 is 26.8. The fraction of sp³-hybridized carbons (Fsp3) is 0.538. The summed E-state index contributed by atoms with van der Waals surface area (Å²) in [6, 6.07) is 6.97. The van der Waals surface area contributed by atoms with E-state index in [0.29, 0.717) is 17.4 Å². The molecule has 0 radical (unpaired) electrons. The van der Waals surface area contributed by atoms with Crippen molar-refractivity contribution in [1.29, 1.82) is 0 Å². The number of aryl methyl sites for hydroxylation is 1. The molecule has 1 saturated carbocycles. The SMILES string of the molecule is CCc1cccc(S(=O)(=O)NCC(N)C2CC2)c1. The van der Waals surface area contributed by atoms with Gasteiger partial charge in [0.25, 0.3) is 0 Å². The minimum absolute atomic E-state index is 0.0610. The molecule has 1 fully saturated rings. The van der Waals surface area contributed by atoms with Gasteiger partial charge in [-0.3, -0.25) is 0 Å². The van der Waals surface area contributed by atoms with Crippen LogP contribution in [0.4, 0.5) is 0 Å². The highest BCUT2D eigenvalue weighted by Crippen LogP contribution is 2.31. The highest BCUT2D eigenvalue weighted by Gasteiger charge is 2.29. The lowest BCUT2D eigenvalue weighted by molar-refractivity contribution is 0.547. The Morgan fingerprint density at radius 3 is 2.78 bits per heavy atom. The van der Waals surface area contributed by atoms with Gasteiger partial charge in [-0.1, -0.05) is 19.1 Å². The van der Waals surface area contributed by atoms with Crippen molar-refractivity contribution < 1.29 is 8.42 Å². The van der Waals surface area contributed by atoms with Crippen LogP contribution in [0.3, 0.4) is 0 Å². The van der Waals surface area contributed by atoms with Gasteiger partial charge in [-0.15, -0.1) is 0 Å². The second-order valence-corrected chi connectivity index (χ2v) is 6.62. The van der Waals surface area contributed by atoms with E-state index in [1.165, 1.54) is 0 Å². The van der Waals surface area contributed by atoms with Crippen LogP contribution in [0.1, 0.15) is 25.3 Å². The number of sulfonamides is 1. The number of rotatable bonds is 6. The van der Waals surface area contributed by atoms with Gasteiger partial charge in [-0.2, -0.15) is 0 Å². The van der Waals surface area contributed by atoms with Crippen molar-refractivity contribution in [3.8, 4) is 0 Å². The Labute approximate surface area is 109 Å². The number of nitrogens with two attached hydrogens (primary N) is 1. The highest BCUT2D eigenvalue weighted by molar-refractivity contribution is 7.89. The summed E-state index contributed by atoms with van der Waals surface area (Å²) in [6.45, 7) is 2.32. The zero-order valence-corrected chi connectivity index (χ0v) is 11.4. The molecule has 0 amide bonds. The monoisotopic (exact) mass is 268 g/mol. The van der Waals surface area contributed by atoms with E-state index in [1.54, 1.807) is 18.2 Å². The molecule has 1 atom stereocenters. The minimum Gasteiger partial charge on any atom is -0.326 e. The minimum atomic E-state index is -3.42. The van der Waals surface area contributed by atoms with E-state index in [1.807, 2.05) is 13.0 Å². The Kier molecular flexibility index (Phi) is 4.04. The van der Waals surface area contributed by atoms with E-state index in [-0.39, 0.29) is 6.04 Å². The first kappa shape index (κ1) is 13.5. The maximum Gasteiger partial charge on any atom is 0.240 e. The molecule has 0 heterocycles. The maximum absolute atomic E-state index is 12.1. The Morgan fingerprint density at radius 1 is 1.44 bits per heavy atom. The third-order valence-electron chi connectivity index (χ3n) is 3.35. The second kappa shape index (κ2) is 5.38. The lowest BCUT2D eigenvalue weighted by Gasteiger charge is -2.12. The lowest BCUT2D eigenvalue weighted by atomic mass is 10.2. The number of hydrogen-bond donors (Lipinski definition) is 2. The van der Waals surface area contributed by atoms with Gasteiger partial charge in [0, 0.05) is 12.6 Å². The molecule has 5 heteroatoms. The molecule has 18 heavy (non-hydrogen) atoms. The maximum atomic E-state index is 12.1. The molecule has 4 nitrogen and oxygen atoms in total. The summed E-state index contributed by atoms with van der Waals surface area (Å²) in [5, 5.41) is 0. The molecule has 3 N–H and O–H groups in total. The summed E-state index contributed by atoms with van der Waals surface area (Å²) >= 11 is 0. The van der Waals surface area contributed by atoms with Gasteiger partial charge in [-0.25, -0.2) is 13.1 Å². The predicted octanol–water partition coefficient (Wildman–Crippen LogP) is 1.26. The molecule has 0 spiro atoms. The van der Waals surface area contributed by atoms with Crippen LogP contribution in [0, 0.1) is 5.92 Å². The van der Waals surface area contributed by atoms with Crippen molar-refractivity contribution in [2.75, 3.05) is 6.54 Å². The highest BCUT2D eigenvalue weighted by atomic mass is 32.2. The van der Waals surface area contributed by atoms with E-state index in [4.69, 9.17) is 5.73 Å². The van der Waals surface area contributed by atoms with Crippen molar-refractivity contribution in [2.45, 2.75) is 37.1 Å². The molecule has 1 unspecified atom stereocenters. The molecule has 0 saturated heterocycles. The zero-order chi connectivity index (χ0) is 13.2. The van der Waals surface area contributed by atoms with Crippen molar-refractivity contribution in [3.63, 3.8) is 0 Å². The molecule has 0 aliphatic heterocycles. The van der Waals surface area contributed by atoms with Crippen LogP contribution in [0.15, 0.2) is 29.2 Å². The average Bonchev–Trinajstić information content (AvgIpc) is 3.20. The van der Waals surface area contributed by atoms with Gasteiger partial charge in [0.05, 0.1) is 4.90 Å². The molecule has 100 valence electrons. The van der Waals surface area contributed by atoms with Gasteiger partial charge in [-0.05, 0) is 42.9 Å². The Morgan fingerprint density at radius 2 is 2.17 bits per heavy atom. The van der Waals surface area contributed by atoms with Crippen molar-refractivity contribution in [2.24, 2.45) is 11.7 Å². The van der Waals surface area contributed by atoms with Crippen LogP contribution in [-0.2, 0) is 16.4 Å². The van der Waals surface area contributed by atoms with Crippen molar-refractivity contribution >= 4 is 10.0 Å². The lowest BCUT2D eigenvalue weighted by Crippen LogP contribution is -2.38. The topological polar surface area (TPSA) is 72.2 Å². The number of nitrogens with one attached hydrogen (secondary N) is 1. The Hall–Kier alpha value is -0.910. The Bertz CT molecular complexity index is 509. The molecule has 1 aliphatic carbocycles. The van der Waals surface area contributed by atoms with Crippen molar-refractivity contribution in [3.05, 3.63) is 29.8 Å². The summed E-state index contributed by atoms with van der Waals surface area (Å²) in [6.07, 6.45) is 3.06. The largest absolute Gasteiger partial charge is 0.326 e. The third kappa shape index (κ3) is 3.31. The zero-order valence-electron chi connectivity index (χ0n) is 10.6. The molecule has 0 bridgehead atoms. The van der Waals surface area contributed by atoms with E-state index in [0.717, 1.165) is 24.8 Å². The van der Waals surface area contributed by atoms with Gasteiger partial charge in [0.15, 0.2) is 0 Å². The van der Waals surface area contributed by atoms with Crippen LogP contribution in [-0.4, -0.2) is 21.0 Å². The van der Waals surface area contributed by atoms with Gasteiger partial charge in [0.1, 0.15) is 0 Å². The number of hydrogen-bond acceptors (Lipinski definition) is 3. The fourth-order valence-corrected chi connectivity index (χ4v) is 3.06. The van der Waals surface area contributed by atoms with Crippen LogP contribution >= 0.6 is 0 Å². The molecule has 0 aromatic heterocycles. The third-order valence-corrected chi connectivity index (χ3v) is 4.77. The molecule has 1 aromatic carbocycles. The van der Waals surface area contributed by atoms with E-state index in [9.17, 15) is 8.42 Å². The first-order valence-electron chi connectivity index (χ1n) is 6.37. The molecule has 1 aliphatic rings. The smallest absolute Gasteiger partial charge is 0.240 e. The van der Waals surface area contributed by atoms with E-state index < -0.39 is 10.0 Å². The summed E-state index contributed by atoms with van der Waals surface area (Å²) in [4.78, 5) is 0.324. The van der Waals surface area contributed by atoms with E-state index >= 15 is 0 Å². The van der Waals surface area contributed by atoms with Crippen LogP contribution < -0.4 is 10.5 Å². The summed E-state index contributed by atoms with van der Waals surface area (Å²) in [5.74, 6) is 0.495. The average molecular weight is 268 g/mol. The summed E-state index contributed by atoms with van der Waals surface area (Å²) in [5.41, 5.74) is 6.91. The fourth-order valence-electron chi connectivity index (χ4n) is 1.91. The quantitative estimate of drug-likeness (QED) is 0.816. The molecule has 2 rings (SSSR count). The van der Waals surface area contributed by atoms with E-state index in [2.05, 4.69) is 4.72 Å². The van der Waals surface area contributed by atoms with Gasteiger partial charge in [0.2, 0.25) is 10.0 Å². The van der Waals surface area contributed by atoms with Crippen molar-refractivity contribution in [1.82, 2.24) is 4.72 Å². The molecule has 1 aromatic rings. The molecular weight excluding hydrogens is 248 g/mol. The standard InChI is InChI=1S/C13H20N2O2S/c1-2-10-4-3-5-12(8-10)18(16,17)15-9-13(14)11-6-7-11/h3-5,8,11,13,15H,2,6-7,9,14H2,1H3. The first-order valence-corrected chi connectivity index (χ1v) is 7.85. The number of benzene rings is 1. The first-order chi connectivity index (χ1) is 8.53. The van der Waals surface area contributed by atoms with Gasteiger partial charge < -0.3 is 5.73 Å².